The molecule has 2 bridgehead atoms. The number of carbonyl (C=O) groups excluding carboxylic acids is 1. The van der Waals surface area contributed by atoms with Gasteiger partial charge in [0, 0.05) is 6.04 Å². The molecule has 0 aliphatic heterocycles. The van der Waals surface area contributed by atoms with E-state index in [1.54, 1.807) is 12.1 Å². The fraction of sp³-hybridized carbons (Fsp3) is 0.625. The quantitative estimate of drug-likeness (QED) is 0.881. The van der Waals surface area contributed by atoms with Gasteiger partial charge in [0.25, 0.3) is 5.91 Å². The lowest BCUT2D eigenvalue weighted by molar-refractivity contribution is 0.0733. The molecule has 1 amide bonds. The van der Waals surface area contributed by atoms with E-state index >= 15 is 0 Å². The molecule has 0 spiro atoms. The van der Waals surface area contributed by atoms with Gasteiger partial charge in [0.2, 0.25) is 0 Å². The van der Waals surface area contributed by atoms with Crippen molar-refractivity contribution < 1.29 is 4.79 Å². The summed E-state index contributed by atoms with van der Waals surface area (Å²) in [5.41, 5.74) is 6.17. The summed E-state index contributed by atoms with van der Waals surface area (Å²) in [6, 6.07) is 3.37. The Morgan fingerprint density at radius 3 is 2.76 bits per heavy atom. The van der Waals surface area contributed by atoms with Crippen LogP contribution in [0.3, 0.4) is 0 Å². The molecule has 5 heteroatoms. The van der Waals surface area contributed by atoms with E-state index in [0.29, 0.717) is 16.8 Å². The number of aromatic nitrogens is 1. The van der Waals surface area contributed by atoms with Crippen molar-refractivity contribution >= 4 is 23.3 Å². The molecule has 0 saturated heterocycles. The molecule has 21 heavy (non-hydrogen) atoms. The first kappa shape index (κ1) is 14.6. The monoisotopic (exact) mass is 307 g/mol. The molecule has 4 nitrogen and oxygen atoms in total. The Morgan fingerprint density at radius 1 is 1.43 bits per heavy atom. The molecule has 2 saturated carbocycles. The van der Waals surface area contributed by atoms with Crippen molar-refractivity contribution in [2.75, 3.05) is 5.73 Å². The lowest BCUT2D eigenvalue weighted by Gasteiger charge is -2.43. The van der Waals surface area contributed by atoms with Crippen LogP contribution in [0.1, 0.15) is 50.5 Å². The zero-order valence-corrected chi connectivity index (χ0v) is 13.5. The van der Waals surface area contributed by atoms with Gasteiger partial charge in [-0.3, -0.25) is 4.79 Å². The number of amides is 1. The van der Waals surface area contributed by atoms with E-state index in [2.05, 4.69) is 31.1 Å². The lowest BCUT2D eigenvalue weighted by Crippen LogP contribution is -2.52. The number of hydrogen-bond donors (Lipinski definition) is 2. The number of nitrogens with zero attached hydrogens (tertiary/aromatic N) is 1. The van der Waals surface area contributed by atoms with E-state index in [0.717, 1.165) is 0 Å². The molecule has 3 atom stereocenters. The number of pyridine rings is 1. The van der Waals surface area contributed by atoms with E-state index in [1.165, 1.54) is 19.3 Å². The van der Waals surface area contributed by atoms with Crippen molar-refractivity contribution in [1.82, 2.24) is 10.3 Å². The molecular weight excluding hydrogens is 286 g/mol. The van der Waals surface area contributed by atoms with Gasteiger partial charge in [0.15, 0.2) is 0 Å². The fourth-order valence-electron chi connectivity index (χ4n) is 4.48. The number of fused-ring (bicyclic) bond motifs is 2. The van der Waals surface area contributed by atoms with E-state index in [-0.39, 0.29) is 28.5 Å². The van der Waals surface area contributed by atoms with Crippen molar-refractivity contribution in [2.24, 2.45) is 16.7 Å². The molecular formula is C16H22ClN3O. The Bertz CT molecular complexity index is 596. The average molecular weight is 308 g/mol. The summed E-state index contributed by atoms with van der Waals surface area (Å²) in [5, 5.41) is 3.52. The molecule has 114 valence electrons. The second kappa shape index (κ2) is 4.60. The highest BCUT2D eigenvalue weighted by Gasteiger charge is 2.59. The minimum absolute atomic E-state index is 0.107. The number of rotatable bonds is 2. The van der Waals surface area contributed by atoms with Crippen LogP contribution >= 0.6 is 11.6 Å². The smallest absolute Gasteiger partial charge is 0.271 e. The Balaban J connectivity index is 1.86. The summed E-state index contributed by atoms with van der Waals surface area (Å²) in [5.74, 6) is 0.763. The maximum Gasteiger partial charge on any atom is 0.271 e. The van der Waals surface area contributed by atoms with Crippen LogP contribution in [0.15, 0.2) is 12.1 Å². The first-order valence-electron chi connectivity index (χ1n) is 7.47. The topological polar surface area (TPSA) is 68.0 Å². The number of hydrogen-bond acceptors (Lipinski definition) is 3. The van der Waals surface area contributed by atoms with Gasteiger partial charge in [0.05, 0.1) is 5.02 Å². The second-order valence-electron chi connectivity index (χ2n) is 7.39. The highest BCUT2D eigenvalue weighted by molar-refractivity contribution is 6.33. The summed E-state index contributed by atoms with van der Waals surface area (Å²) in [6.45, 7) is 6.78. The highest BCUT2D eigenvalue weighted by atomic mass is 35.5. The van der Waals surface area contributed by atoms with Crippen molar-refractivity contribution in [2.45, 2.75) is 46.1 Å². The zero-order valence-electron chi connectivity index (χ0n) is 12.7. The second-order valence-corrected chi connectivity index (χ2v) is 7.80. The normalized spacial score (nSPS) is 33.1. The molecule has 1 aromatic heterocycles. The third kappa shape index (κ3) is 2.20. The Morgan fingerprint density at radius 2 is 2.14 bits per heavy atom. The van der Waals surface area contributed by atoms with Gasteiger partial charge in [-0.15, -0.1) is 0 Å². The minimum atomic E-state index is -0.223. The van der Waals surface area contributed by atoms with Crippen molar-refractivity contribution in [3.8, 4) is 0 Å². The first-order valence-corrected chi connectivity index (χ1v) is 7.85. The predicted octanol–water partition coefficient (Wildman–Crippen LogP) is 3.26. The Hall–Kier alpha value is -1.29. The van der Waals surface area contributed by atoms with Crippen LogP contribution in [-0.2, 0) is 0 Å². The van der Waals surface area contributed by atoms with E-state index in [1.807, 2.05) is 0 Å². The van der Waals surface area contributed by atoms with Crippen LogP contribution in [0.2, 0.25) is 5.02 Å². The summed E-state index contributed by atoms with van der Waals surface area (Å²) < 4.78 is 0. The molecule has 1 heterocycles. The number of nitrogen functional groups attached to an aromatic ring is 1. The van der Waals surface area contributed by atoms with Gasteiger partial charge in [-0.2, -0.15) is 0 Å². The summed E-state index contributed by atoms with van der Waals surface area (Å²) in [4.78, 5) is 16.6. The van der Waals surface area contributed by atoms with Gasteiger partial charge in [-0.05, 0) is 48.1 Å². The molecule has 2 fully saturated rings. The molecule has 0 aromatic carbocycles. The first-order chi connectivity index (χ1) is 9.74. The van der Waals surface area contributed by atoms with Crippen molar-refractivity contribution in [3.63, 3.8) is 0 Å². The maximum absolute atomic E-state index is 12.6. The molecule has 3 rings (SSSR count). The van der Waals surface area contributed by atoms with Crippen molar-refractivity contribution in [1.29, 1.82) is 0 Å². The van der Waals surface area contributed by atoms with Crippen LogP contribution in [0.25, 0.3) is 0 Å². The Labute approximate surface area is 130 Å². The standard InChI is InChI=1S/C16H22ClN3O/c1-15(2)9-6-7-16(3,8-9)14(15)20-13(21)12-10(17)4-5-11(18)19-12/h4-5,9,14H,6-8H2,1-3H3,(H2,18,19)(H,20,21). The number of halogens is 1. The zero-order chi connectivity index (χ0) is 15.4. The highest BCUT2D eigenvalue weighted by Crippen LogP contribution is 2.62. The number of anilines is 1. The summed E-state index contributed by atoms with van der Waals surface area (Å²) in [6.07, 6.45) is 3.61. The molecule has 2 aliphatic carbocycles. The third-order valence-electron chi connectivity index (χ3n) is 5.63. The molecule has 3 unspecified atom stereocenters. The van der Waals surface area contributed by atoms with Gasteiger partial charge >= 0.3 is 0 Å². The fourth-order valence-corrected chi connectivity index (χ4v) is 4.67. The van der Waals surface area contributed by atoms with Crippen LogP contribution in [0.4, 0.5) is 5.82 Å². The van der Waals surface area contributed by atoms with E-state index < -0.39 is 0 Å². The summed E-state index contributed by atoms with van der Waals surface area (Å²) in [7, 11) is 0. The molecule has 1 aromatic rings. The maximum atomic E-state index is 12.6. The summed E-state index contributed by atoms with van der Waals surface area (Å²) >= 11 is 6.08. The molecule has 0 radical (unpaired) electrons. The van der Waals surface area contributed by atoms with E-state index in [4.69, 9.17) is 17.3 Å². The van der Waals surface area contributed by atoms with Gasteiger partial charge in [-0.25, -0.2) is 4.98 Å². The largest absolute Gasteiger partial charge is 0.384 e. The van der Waals surface area contributed by atoms with Crippen LogP contribution in [0.5, 0.6) is 0 Å². The number of nitrogens with two attached hydrogens (primary N) is 1. The van der Waals surface area contributed by atoms with Gasteiger partial charge < -0.3 is 11.1 Å². The number of carbonyl (C=O) groups is 1. The van der Waals surface area contributed by atoms with Crippen molar-refractivity contribution in [3.05, 3.63) is 22.8 Å². The van der Waals surface area contributed by atoms with Crippen LogP contribution in [0, 0.1) is 16.7 Å². The average Bonchev–Trinajstić information content (AvgIpc) is 2.88. The van der Waals surface area contributed by atoms with Crippen LogP contribution < -0.4 is 11.1 Å². The predicted molar refractivity (Wildman–Crippen MR) is 84.1 cm³/mol. The minimum Gasteiger partial charge on any atom is -0.384 e. The molecule has 2 aliphatic rings. The van der Waals surface area contributed by atoms with Gasteiger partial charge in [-0.1, -0.05) is 32.4 Å². The molecule has 3 N–H and O–H groups in total. The van der Waals surface area contributed by atoms with Crippen LogP contribution in [-0.4, -0.2) is 16.9 Å². The number of nitrogens with one attached hydrogen (secondary N) is 1. The SMILES string of the molecule is CC12CCC(C1)C(C)(C)C2NC(=O)c1nc(N)ccc1Cl. The Kier molecular flexibility index (Phi) is 3.21. The third-order valence-corrected chi connectivity index (χ3v) is 5.93. The van der Waals surface area contributed by atoms with E-state index in [9.17, 15) is 4.79 Å². The van der Waals surface area contributed by atoms with Gasteiger partial charge in [0.1, 0.15) is 11.5 Å². The lowest BCUT2D eigenvalue weighted by atomic mass is 9.68.